The standard InChI is InChI=1S/C13H16INO2/c1-15-7-5-12(6-8-15)17-13(16)10-3-2-4-11(14)9-10/h2-4,9,12H,5-8H2,1H3. The Morgan fingerprint density at radius 2 is 2.12 bits per heavy atom. The summed E-state index contributed by atoms with van der Waals surface area (Å²) in [6.07, 6.45) is 1.95. The van der Waals surface area contributed by atoms with E-state index in [4.69, 9.17) is 4.74 Å². The van der Waals surface area contributed by atoms with E-state index in [9.17, 15) is 4.79 Å². The van der Waals surface area contributed by atoms with Crippen LogP contribution in [0.1, 0.15) is 23.2 Å². The molecule has 3 nitrogen and oxygen atoms in total. The summed E-state index contributed by atoms with van der Waals surface area (Å²) in [5.41, 5.74) is 0.649. The van der Waals surface area contributed by atoms with Crippen molar-refractivity contribution in [2.24, 2.45) is 0 Å². The Labute approximate surface area is 115 Å². The average molecular weight is 345 g/mol. The average Bonchev–Trinajstić information content (AvgIpc) is 2.32. The largest absolute Gasteiger partial charge is 0.459 e. The Morgan fingerprint density at radius 3 is 2.76 bits per heavy atom. The molecule has 17 heavy (non-hydrogen) atoms. The molecule has 1 saturated heterocycles. The maximum absolute atomic E-state index is 11.9. The highest BCUT2D eigenvalue weighted by Crippen LogP contribution is 2.15. The van der Waals surface area contributed by atoms with Gasteiger partial charge < -0.3 is 9.64 Å². The van der Waals surface area contributed by atoms with Crippen LogP contribution in [0.5, 0.6) is 0 Å². The Morgan fingerprint density at radius 1 is 1.41 bits per heavy atom. The summed E-state index contributed by atoms with van der Waals surface area (Å²) in [4.78, 5) is 14.2. The lowest BCUT2D eigenvalue weighted by atomic mass is 10.1. The van der Waals surface area contributed by atoms with Gasteiger partial charge in [-0.05, 0) is 60.7 Å². The molecule has 1 fully saturated rings. The quantitative estimate of drug-likeness (QED) is 0.610. The van der Waals surface area contributed by atoms with E-state index < -0.39 is 0 Å². The van der Waals surface area contributed by atoms with Gasteiger partial charge in [-0.1, -0.05) is 6.07 Å². The number of hydrogen-bond acceptors (Lipinski definition) is 3. The number of halogens is 1. The molecule has 0 atom stereocenters. The van der Waals surface area contributed by atoms with E-state index >= 15 is 0 Å². The molecule has 1 aromatic carbocycles. The van der Waals surface area contributed by atoms with Crippen LogP contribution in [-0.2, 0) is 4.74 Å². The van der Waals surface area contributed by atoms with Gasteiger partial charge in [0.15, 0.2) is 0 Å². The predicted octanol–water partition coefficient (Wildman–Crippen LogP) is 2.54. The van der Waals surface area contributed by atoms with E-state index in [1.807, 2.05) is 18.2 Å². The van der Waals surface area contributed by atoms with Crippen molar-refractivity contribution < 1.29 is 9.53 Å². The maximum atomic E-state index is 11.9. The Bertz CT molecular complexity index is 400. The molecule has 2 rings (SSSR count). The SMILES string of the molecule is CN1CCC(OC(=O)c2cccc(I)c2)CC1. The summed E-state index contributed by atoms with van der Waals surface area (Å²) in [5.74, 6) is -0.196. The molecular formula is C13H16INO2. The minimum absolute atomic E-state index is 0.0802. The van der Waals surface area contributed by atoms with Crippen LogP contribution in [0.15, 0.2) is 24.3 Å². The first-order valence-electron chi connectivity index (χ1n) is 5.80. The molecule has 4 heteroatoms. The smallest absolute Gasteiger partial charge is 0.338 e. The van der Waals surface area contributed by atoms with E-state index in [0.29, 0.717) is 5.56 Å². The number of benzene rings is 1. The van der Waals surface area contributed by atoms with Gasteiger partial charge in [-0.2, -0.15) is 0 Å². The lowest BCUT2D eigenvalue weighted by molar-refractivity contribution is 0.0139. The molecule has 0 aromatic heterocycles. The lowest BCUT2D eigenvalue weighted by Crippen LogP contribution is -2.35. The summed E-state index contributed by atoms with van der Waals surface area (Å²) in [6.45, 7) is 2.01. The number of likely N-dealkylation sites (tertiary alicyclic amines) is 1. The summed E-state index contributed by atoms with van der Waals surface area (Å²) >= 11 is 2.20. The summed E-state index contributed by atoms with van der Waals surface area (Å²) in [6, 6.07) is 7.51. The first kappa shape index (κ1) is 12.8. The van der Waals surface area contributed by atoms with E-state index in [0.717, 1.165) is 29.5 Å². The van der Waals surface area contributed by atoms with Crippen LogP contribution in [0.25, 0.3) is 0 Å². The third-order valence-electron chi connectivity index (χ3n) is 3.00. The summed E-state index contributed by atoms with van der Waals surface area (Å²) in [7, 11) is 2.09. The summed E-state index contributed by atoms with van der Waals surface area (Å²) in [5, 5.41) is 0. The van der Waals surface area contributed by atoms with Crippen molar-refractivity contribution in [3.63, 3.8) is 0 Å². The fourth-order valence-electron chi connectivity index (χ4n) is 1.94. The maximum Gasteiger partial charge on any atom is 0.338 e. The third kappa shape index (κ3) is 3.67. The van der Waals surface area contributed by atoms with E-state index in [2.05, 4.69) is 34.5 Å². The Hall–Kier alpha value is -0.620. The van der Waals surface area contributed by atoms with Gasteiger partial charge in [0.25, 0.3) is 0 Å². The van der Waals surface area contributed by atoms with Crippen molar-refractivity contribution in [2.45, 2.75) is 18.9 Å². The van der Waals surface area contributed by atoms with E-state index in [1.54, 1.807) is 6.07 Å². The van der Waals surface area contributed by atoms with Crippen molar-refractivity contribution in [3.05, 3.63) is 33.4 Å². The monoisotopic (exact) mass is 345 g/mol. The van der Waals surface area contributed by atoms with Crippen molar-refractivity contribution in [3.8, 4) is 0 Å². The van der Waals surface area contributed by atoms with Crippen LogP contribution in [0.3, 0.4) is 0 Å². The molecule has 92 valence electrons. The molecule has 0 radical (unpaired) electrons. The molecule has 1 heterocycles. The lowest BCUT2D eigenvalue weighted by Gasteiger charge is -2.28. The van der Waals surface area contributed by atoms with Crippen molar-refractivity contribution >= 4 is 28.6 Å². The fourth-order valence-corrected chi connectivity index (χ4v) is 2.48. The van der Waals surface area contributed by atoms with Gasteiger partial charge in [0, 0.05) is 16.7 Å². The number of ether oxygens (including phenoxy) is 1. The molecule has 1 aliphatic rings. The van der Waals surface area contributed by atoms with Gasteiger partial charge in [-0.3, -0.25) is 0 Å². The number of hydrogen-bond donors (Lipinski definition) is 0. The highest BCUT2D eigenvalue weighted by atomic mass is 127. The number of carbonyl (C=O) groups excluding carboxylic acids is 1. The first-order chi connectivity index (χ1) is 8.15. The second-order valence-corrected chi connectivity index (χ2v) is 5.66. The van der Waals surface area contributed by atoms with Crippen molar-refractivity contribution in [1.82, 2.24) is 4.90 Å². The highest BCUT2D eigenvalue weighted by molar-refractivity contribution is 14.1. The minimum atomic E-state index is -0.196. The second kappa shape index (κ2) is 5.82. The summed E-state index contributed by atoms with van der Waals surface area (Å²) < 4.78 is 6.57. The molecule has 0 saturated carbocycles. The van der Waals surface area contributed by atoms with Gasteiger partial charge in [-0.15, -0.1) is 0 Å². The molecule has 0 N–H and O–H groups in total. The molecular weight excluding hydrogens is 329 g/mol. The number of esters is 1. The molecule has 0 bridgehead atoms. The Kier molecular flexibility index (Phi) is 4.39. The third-order valence-corrected chi connectivity index (χ3v) is 3.67. The second-order valence-electron chi connectivity index (χ2n) is 4.42. The number of carbonyl (C=O) groups is 1. The van der Waals surface area contributed by atoms with Gasteiger partial charge in [0.2, 0.25) is 0 Å². The van der Waals surface area contributed by atoms with Gasteiger partial charge in [-0.25, -0.2) is 4.79 Å². The molecule has 0 aliphatic carbocycles. The van der Waals surface area contributed by atoms with Gasteiger partial charge in [0.1, 0.15) is 6.10 Å². The number of rotatable bonds is 2. The topological polar surface area (TPSA) is 29.5 Å². The Balaban J connectivity index is 1.93. The molecule has 1 aliphatic heterocycles. The van der Waals surface area contributed by atoms with Crippen LogP contribution < -0.4 is 0 Å². The number of piperidine rings is 1. The molecule has 0 spiro atoms. The van der Waals surface area contributed by atoms with Crippen molar-refractivity contribution in [1.29, 1.82) is 0 Å². The van der Waals surface area contributed by atoms with Crippen LogP contribution in [0.2, 0.25) is 0 Å². The van der Waals surface area contributed by atoms with Crippen LogP contribution in [0.4, 0.5) is 0 Å². The van der Waals surface area contributed by atoms with E-state index in [1.165, 1.54) is 0 Å². The normalized spacial score (nSPS) is 18.0. The van der Waals surface area contributed by atoms with Crippen LogP contribution >= 0.6 is 22.6 Å². The van der Waals surface area contributed by atoms with Crippen molar-refractivity contribution in [2.75, 3.05) is 20.1 Å². The minimum Gasteiger partial charge on any atom is -0.459 e. The molecule has 0 unspecified atom stereocenters. The molecule has 0 amide bonds. The van der Waals surface area contributed by atoms with Gasteiger partial charge in [0.05, 0.1) is 5.56 Å². The number of nitrogens with zero attached hydrogens (tertiary/aromatic N) is 1. The van der Waals surface area contributed by atoms with Crippen LogP contribution in [-0.4, -0.2) is 37.1 Å². The van der Waals surface area contributed by atoms with Gasteiger partial charge >= 0.3 is 5.97 Å². The molecule has 1 aromatic rings. The predicted molar refractivity (Wildman–Crippen MR) is 75.1 cm³/mol. The van der Waals surface area contributed by atoms with Crippen LogP contribution in [0, 0.1) is 3.57 Å². The zero-order valence-corrected chi connectivity index (χ0v) is 12.0. The highest BCUT2D eigenvalue weighted by Gasteiger charge is 2.20. The van der Waals surface area contributed by atoms with E-state index in [-0.39, 0.29) is 12.1 Å². The zero-order chi connectivity index (χ0) is 12.3. The first-order valence-corrected chi connectivity index (χ1v) is 6.88. The zero-order valence-electron chi connectivity index (χ0n) is 9.86. The fraction of sp³-hybridized carbons (Fsp3) is 0.462.